The normalized spacial score (nSPS) is 10.9. The smallest absolute Gasteiger partial charge is 0.153 e. The van der Waals surface area contributed by atoms with Gasteiger partial charge in [0, 0.05) is 18.0 Å². The van der Waals surface area contributed by atoms with E-state index in [-0.39, 0.29) is 0 Å². The average Bonchev–Trinajstić information content (AvgIpc) is 2.96. The first-order valence-corrected chi connectivity index (χ1v) is 6.11. The Balaban J connectivity index is 1.81. The highest BCUT2D eigenvalue weighted by molar-refractivity contribution is 5.68. The Bertz CT molecular complexity index is 669. The number of hydrogen-bond acceptors (Lipinski definition) is 2. The van der Waals surface area contributed by atoms with Gasteiger partial charge in [0.25, 0.3) is 0 Å². The molecule has 0 bridgehead atoms. The fraction of sp³-hybridized carbons (Fsp3) is 0. The molecule has 19 heavy (non-hydrogen) atoms. The Morgan fingerprint density at radius 1 is 0.842 bits per heavy atom. The Morgan fingerprint density at radius 2 is 1.63 bits per heavy atom. The molecule has 0 saturated heterocycles. The zero-order valence-corrected chi connectivity index (χ0v) is 10.3. The molecular weight excluding hydrogens is 234 g/mol. The van der Waals surface area contributed by atoms with E-state index in [2.05, 4.69) is 28.3 Å². The lowest BCUT2D eigenvalue weighted by molar-refractivity contribution is 0.847. The van der Waals surface area contributed by atoms with Gasteiger partial charge in [-0.15, -0.1) is 0 Å². The van der Waals surface area contributed by atoms with Crippen LogP contribution in [-0.4, -0.2) is 14.8 Å². The van der Waals surface area contributed by atoms with Gasteiger partial charge in [-0.2, -0.15) is 5.10 Å². The van der Waals surface area contributed by atoms with Crippen LogP contribution in [0.4, 0.5) is 0 Å². The van der Waals surface area contributed by atoms with Gasteiger partial charge >= 0.3 is 0 Å². The molecule has 3 nitrogen and oxygen atoms in total. The van der Waals surface area contributed by atoms with E-state index in [9.17, 15) is 0 Å². The maximum absolute atomic E-state index is 4.30. The van der Waals surface area contributed by atoms with Crippen molar-refractivity contribution in [2.45, 2.75) is 0 Å². The molecule has 0 fully saturated rings. The molecule has 0 aliphatic heterocycles. The third-order valence-corrected chi connectivity index (χ3v) is 2.75. The molecule has 0 radical (unpaired) electrons. The van der Waals surface area contributed by atoms with Crippen LogP contribution >= 0.6 is 0 Å². The number of hydrogen-bond donors (Lipinski definition) is 0. The van der Waals surface area contributed by atoms with E-state index in [1.807, 2.05) is 54.9 Å². The van der Waals surface area contributed by atoms with Gasteiger partial charge in [0.05, 0.1) is 6.20 Å². The highest BCUT2D eigenvalue weighted by Crippen LogP contribution is 2.09. The molecule has 0 amide bonds. The molecule has 0 aliphatic rings. The van der Waals surface area contributed by atoms with E-state index in [0.29, 0.717) is 0 Å². The van der Waals surface area contributed by atoms with Crippen LogP contribution in [0, 0.1) is 0 Å². The van der Waals surface area contributed by atoms with E-state index in [1.165, 1.54) is 5.56 Å². The second kappa shape index (κ2) is 5.31. The molecule has 0 unspecified atom stereocenters. The first-order valence-electron chi connectivity index (χ1n) is 6.11. The van der Waals surface area contributed by atoms with Crippen LogP contribution in [0.3, 0.4) is 0 Å². The summed E-state index contributed by atoms with van der Waals surface area (Å²) >= 11 is 0. The summed E-state index contributed by atoms with van der Waals surface area (Å²) in [5, 5.41) is 4.30. The van der Waals surface area contributed by atoms with Crippen LogP contribution in [0.2, 0.25) is 0 Å². The van der Waals surface area contributed by atoms with Gasteiger partial charge in [-0.3, -0.25) is 0 Å². The minimum atomic E-state index is 0.821. The van der Waals surface area contributed by atoms with Crippen molar-refractivity contribution < 1.29 is 0 Å². The maximum Gasteiger partial charge on any atom is 0.153 e. The molecule has 3 rings (SSSR count). The molecule has 0 aliphatic carbocycles. The van der Waals surface area contributed by atoms with Crippen LogP contribution in [0.1, 0.15) is 11.1 Å². The van der Waals surface area contributed by atoms with Crippen molar-refractivity contribution in [3.05, 3.63) is 78.2 Å². The number of rotatable bonds is 3. The molecule has 0 N–H and O–H groups in total. The summed E-state index contributed by atoms with van der Waals surface area (Å²) in [6.07, 6.45) is 9.66. The third kappa shape index (κ3) is 2.77. The summed E-state index contributed by atoms with van der Waals surface area (Å²) < 4.78 is 1.77. The monoisotopic (exact) mass is 247 g/mol. The van der Waals surface area contributed by atoms with Crippen molar-refractivity contribution in [1.82, 2.24) is 14.8 Å². The summed E-state index contributed by atoms with van der Waals surface area (Å²) in [6, 6.07) is 16.0. The third-order valence-electron chi connectivity index (χ3n) is 2.75. The van der Waals surface area contributed by atoms with Crippen molar-refractivity contribution in [3.8, 4) is 5.82 Å². The molecule has 1 aromatic carbocycles. The first kappa shape index (κ1) is 11.4. The Morgan fingerprint density at radius 3 is 2.42 bits per heavy atom. The topological polar surface area (TPSA) is 30.7 Å². The Labute approximate surface area is 111 Å². The van der Waals surface area contributed by atoms with Crippen LogP contribution in [0.5, 0.6) is 0 Å². The van der Waals surface area contributed by atoms with Crippen molar-refractivity contribution in [2.24, 2.45) is 0 Å². The van der Waals surface area contributed by atoms with Gasteiger partial charge in [-0.25, -0.2) is 9.67 Å². The fourth-order valence-corrected chi connectivity index (χ4v) is 1.79. The predicted molar refractivity (Wildman–Crippen MR) is 76.7 cm³/mol. The van der Waals surface area contributed by atoms with E-state index < -0.39 is 0 Å². The van der Waals surface area contributed by atoms with Gasteiger partial charge in [0.1, 0.15) is 0 Å². The van der Waals surface area contributed by atoms with Crippen LogP contribution in [-0.2, 0) is 0 Å². The zero-order valence-electron chi connectivity index (χ0n) is 10.3. The van der Waals surface area contributed by atoms with E-state index in [4.69, 9.17) is 0 Å². The van der Waals surface area contributed by atoms with Crippen LogP contribution in [0.25, 0.3) is 18.0 Å². The summed E-state index contributed by atoms with van der Waals surface area (Å²) in [4.78, 5) is 4.26. The fourth-order valence-electron chi connectivity index (χ4n) is 1.79. The number of benzene rings is 1. The second-order valence-electron chi connectivity index (χ2n) is 4.15. The largest absolute Gasteiger partial charge is 0.237 e. The lowest BCUT2D eigenvalue weighted by Crippen LogP contribution is -1.95. The number of nitrogens with zero attached hydrogens (tertiary/aromatic N) is 3. The number of aromatic nitrogens is 3. The molecule has 2 aromatic heterocycles. The lowest BCUT2D eigenvalue weighted by Gasteiger charge is -1.97. The van der Waals surface area contributed by atoms with Gasteiger partial charge in [-0.1, -0.05) is 48.6 Å². The van der Waals surface area contributed by atoms with Crippen molar-refractivity contribution in [3.63, 3.8) is 0 Å². The maximum atomic E-state index is 4.30. The molecule has 92 valence electrons. The van der Waals surface area contributed by atoms with Crippen molar-refractivity contribution in [1.29, 1.82) is 0 Å². The van der Waals surface area contributed by atoms with E-state index in [1.54, 1.807) is 10.9 Å². The van der Waals surface area contributed by atoms with Gasteiger partial charge in [0.2, 0.25) is 0 Å². The molecule has 0 atom stereocenters. The molecule has 3 aromatic rings. The minimum absolute atomic E-state index is 0.821. The van der Waals surface area contributed by atoms with Crippen LogP contribution in [0.15, 0.2) is 67.1 Å². The van der Waals surface area contributed by atoms with E-state index in [0.717, 1.165) is 11.4 Å². The van der Waals surface area contributed by atoms with Gasteiger partial charge in [-0.05, 0) is 17.7 Å². The van der Waals surface area contributed by atoms with Gasteiger partial charge in [0.15, 0.2) is 5.82 Å². The average molecular weight is 247 g/mol. The number of pyridine rings is 1. The lowest BCUT2D eigenvalue weighted by atomic mass is 10.2. The molecule has 0 spiro atoms. The predicted octanol–water partition coefficient (Wildman–Crippen LogP) is 3.44. The highest BCUT2D eigenvalue weighted by atomic mass is 15.3. The molecule has 3 heteroatoms. The Hall–Kier alpha value is -2.68. The molecular formula is C16H13N3. The Kier molecular flexibility index (Phi) is 3.19. The highest BCUT2D eigenvalue weighted by Gasteiger charge is 1.98. The van der Waals surface area contributed by atoms with Crippen molar-refractivity contribution in [2.75, 3.05) is 0 Å². The summed E-state index contributed by atoms with van der Waals surface area (Å²) in [5.74, 6) is 0.821. The SMILES string of the molecule is C(=Cc1cnn(-c2ccccn2)c1)c1ccccc1. The van der Waals surface area contributed by atoms with Gasteiger partial charge < -0.3 is 0 Å². The molecule has 2 heterocycles. The summed E-state index contributed by atoms with van der Waals surface area (Å²) in [5.41, 5.74) is 2.22. The van der Waals surface area contributed by atoms with Crippen LogP contribution < -0.4 is 0 Å². The molecule has 0 saturated carbocycles. The first-order chi connectivity index (χ1) is 9.42. The summed E-state index contributed by atoms with van der Waals surface area (Å²) in [6.45, 7) is 0. The minimum Gasteiger partial charge on any atom is -0.237 e. The quantitative estimate of drug-likeness (QED) is 0.709. The van der Waals surface area contributed by atoms with Crippen molar-refractivity contribution >= 4 is 12.2 Å². The van der Waals surface area contributed by atoms with E-state index >= 15 is 0 Å². The second-order valence-corrected chi connectivity index (χ2v) is 4.15. The zero-order chi connectivity index (χ0) is 12.9. The standard InChI is InChI=1S/C16H13N3/c1-2-6-14(7-3-1)9-10-15-12-18-19(13-15)16-8-4-5-11-17-16/h1-13H. The summed E-state index contributed by atoms with van der Waals surface area (Å²) in [7, 11) is 0.